The van der Waals surface area contributed by atoms with Gasteiger partial charge in [0.25, 0.3) is 5.69 Å². The fourth-order valence-electron chi connectivity index (χ4n) is 3.04. The summed E-state index contributed by atoms with van der Waals surface area (Å²) in [7, 11) is -4.01. The zero-order valence-corrected chi connectivity index (χ0v) is 17.7. The lowest BCUT2D eigenvalue weighted by Gasteiger charge is -2.22. The van der Waals surface area contributed by atoms with Gasteiger partial charge in [-0.3, -0.25) is 19.7 Å². The molecule has 0 unspecified atom stereocenters. The zero-order valence-electron chi connectivity index (χ0n) is 16.9. The average Bonchev–Trinajstić information content (AvgIpc) is 3.47. The van der Waals surface area contributed by atoms with E-state index in [0.717, 1.165) is 28.6 Å². The number of sulfonamides is 1. The van der Waals surface area contributed by atoms with E-state index in [1.54, 1.807) is 18.7 Å². The predicted molar refractivity (Wildman–Crippen MR) is 110 cm³/mol. The topological polar surface area (TPSA) is 166 Å². The monoisotopic (exact) mass is 466 g/mol. The third kappa shape index (κ3) is 5.66. The van der Waals surface area contributed by atoms with Crippen LogP contribution in [-0.2, 0) is 30.9 Å². The summed E-state index contributed by atoms with van der Waals surface area (Å²) in [5.74, 6) is -1.74. The lowest BCUT2D eigenvalue weighted by atomic mass is 10.3. The number of hydrogen-bond donors (Lipinski definition) is 2. The van der Waals surface area contributed by atoms with Gasteiger partial charge in [-0.15, -0.1) is 0 Å². The largest absolute Gasteiger partial charge is 0.359 e. The number of rotatable bonds is 9. The second-order valence-electron chi connectivity index (χ2n) is 6.81. The van der Waals surface area contributed by atoms with Crippen LogP contribution in [0.3, 0.4) is 0 Å². The molecule has 1 aromatic heterocycles. The van der Waals surface area contributed by atoms with E-state index in [9.17, 15) is 28.1 Å². The Balaban J connectivity index is 1.49. The van der Waals surface area contributed by atoms with Crippen LogP contribution >= 0.6 is 0 Å². The van der Waals surface area contributed by atoms with Crippen LogP contribution in [0.5, 0.6) is 0 Å². The molecule has 1 aromatic carbocycles. The highest BCUT2D eigenvalue weighted by atomic mass is 32.2. The van der Waals surface area contributed by atoms with Crippen LogP contribution in [0.25, 0.3) is 0 Å². The van der Waals surface area contributed by atoms with E-state index in [2.05, 4.69) is 15.6 Å². The fraction of sp³-hybridized carbons (Fsp3) is 0.389. The van der Waals surface area contributed by atoms with Gasteiger partial charge in [0.2, 0.25) is 10.0 Å². The van der Waals surface area contributed by atoms with Gasteiger partial charge in [-0.05, 0) is 18.6 Å². The SMILES string of the molecule is O=C(NCCCn1ccnc1)C(=O)NC[C@@H]1OCCN1S(=O)(=O)c1ccc([N+](=O)[O-])cc1. The molecule has 1 saturated heterocycles. The van der Waals surface area contributed by atoms with Gasteiger partial charge in [-0.25, -0.2) is 13.4 Å². The minimum Gasteiger partial charge on any atom is -0.359 e. The average molecular weight is 466 g/mol. The van der Waals surface area contributed by atoms with Gasteiger partial charge in [0.1, 0.15) is 6.23 Å². The lowest BCUT2D eigenvalue weighted by molar-refractivity contribution is -0.384. The van der Waals surface area contributed by atoms with Crippen molar-refractivity contribution in [3.05, 3.63) is 53.1 Å². The number of carbonyl (C=O) groups excluding carboxylic acids is 2. The Morgan fingerprint density at radius 2 is 1.94 bits per heavy atom. The number of aromatic nitrogens is 2. The molecule has 0 aliphatic carbocycles. The van der Waals surface area contributed by atoms with Crippen molar-refractivity contribution in [2.45, 2.75) is 24.1 Å². The van der Waals surface area contributed by atoms with E-state index in [0.29, 0.717) is 13.0 Å². The van der Waals surface area contributed by atoms with Crippen molar-refractivity contribution in [1.29, 1.82) is 0 Å². The van der Waals surface area contributed by atoms with E-state index in [-0.39, 0.29) is 36.8 Å². The maximum Gasteiger partial charge on any atom is 0.309 e. The van der Waals surface area contributed by atoms with Crippen LogP contribution in [0, 0.1) is 10.1 Å². The molecule has 14 heteroatoms. The Labute approximate surface area is 183 Å². The van der Waals surface area contributed by atoms with Crippen LogP contribution in [0.4, 0.5) is 5.69 Å². The first kappa shape index (κ1) is 23.3. The summed E-state index contributed by atoms with van der Waals surface area (Å²) in [6.07, 6.45) is 4.66. The molecule has 172 valence electrons. The summed E-state index contributed by atoms with van der Waals surface area (Å²) in [6.45, 7) is 0.833. The maximum atomic E-state index is 12.9. The zero-order chi connectivity index (χ0) is 23.1. The smallest absolute Gasteiger partial charge is 0.309 e. The molecule has 1 aliphatic heterocycles. The van der Waals surface area contributed by atoms with Crippen molar-refractivity contribution in [3.63, 3.8) is 0 Å². The fourth-order valence-corrected chi connectivity index (χ4v) is 4.55. The summed E-state index contributed by atoms with van der Waals surface area (Å²) in [4.78, 5) is 37.8. The van der Waals surface area contributed by atoms with Gasteiger partial charge in [0.15, 0.2) is 0 Å². The van der Waals surface area contributed by atoms with Crippen LogP contribution < -0.4 is 10.6 Å². The molecule has 32 heavy (non-hydrogen) atoms. The number of nitrogens with zero attached hydrogens (tertiary/aromatic N) is 4. The van der Waals surface area contributed by atoms with Crippen molar-refractivity contribution >= 4 is 27.5 Å². The third-order valence-electron chi connectivity index (χ3n) is 4.68. The Morgan fingerprint density at radius 3 is 2.59 bits per heavy atom. The Kier molecular flexibility index (Phi) is 7.50. The number of nitro groups is 1. The number of hydrogen-bond acceptors (Lipinski definition) is 8. The number of aryl methyl sites for hydroxylation is 1. The number of nitrogens with one attached hydrogen (secondary N) is 2. The molecule has 1 fully saturated rings. The molecule has 0 radical (unpaired) electrons. The normalized spacial score (nSPS) is 16.6. The van der Waals surface area contributed by atoms with Crippen LogP contribution in [0.1, 0.15) is 6.42 Å². The first-order valence-corrected chi connectivity index (χ1v) is 11.1. The minimum atomic E-state index is -4.01. The van der Waals surface area contributed by atoms with Crippen LogP contribution in [-0.4, -0.2) is 71.5 Å². The van der Waals surface area contributed by atoms with E-state index in [1.807, 2.05) is 4.57 Å². The molecule has 2 heterocycles. The molecule has 1 atom stereocenters. The van der Waals surface area contributed by atoms with Crippen molar-refractivity contribution in [1.82, 2.24) is 24.5 Å². The van der Waals surface area contributed by atoms with Gasteiger partial charge in [-0.2, -0.15) is 4.31 Å². The number of amides is 2. The van der Waals surface area contributed by atoms with E-state index in [1.165, 1.54) is 0 Å². The molecule has 2 amide bonds. The molecular formula is C18H22N6O7S. The van der Waals surface area contributed by atoms with Crippen molar-refractivity contribution < 1.29 is 27.7 Å². The van der Waals surface area contributed by atoms with Gasteiger partial charge < -0.3 is 19.9 Å². The Morgan fingerprint density at radius 1 is 1.22 bits per heavy atom. The molecule has 2 N–H and O–H groups in total. The Hall–Kier alpha value is -3.36. The highest BCUT2D eigenvalue weighted by Crippen LogP contribution is 2.23. The van der Waals surface area contributed by atoms with Gasteiger partial charge in [-0.1, -0.05) is 0 Å². The summed E-state index contributed by atoms with van der Waals surface area (Å²) in [6, 6.07) is 4.47. The van der Waals surface area contributed by atoms with E-state index in [4.69, 9.17) is 4.74 Å². The van der Waals surface area contributed by atoms with Crippen LogP contribution in [0.15, 0.2) is 47.9 Å². The molecule has 0 bridgehead atoms. The van der Waals surface area contributed by atoms with Crippen molar-refractivity contribution in [3.8, 4) is 0 Å². The highest BCUT2D eigenvalue weighted by molar-refractivity contribution is 7.89. The first-order valence-electron chi connectivity index (χ1n) is 9.68. The molecule has 1 aliphatic rings. The first-order chi connectivity index (χ1) is 15.3. The quantitative estimate of drug-likeness (QED) is 0.215. The van der Waals surface area contributed by atoms with Gasteiger partial charge in [0.05, 0.1) is 29.3 Å². The molecular weight excluding hydrogens is 444 g/mol. The number of imidazole rings is 1. The predicted octanol–water partition coefficient (Wildman–Crippen LogP) is -0.539. The number of benzene rings is 1. The standard InChI is InChI=1S/C18H22N6O7S/c25-17(20-6-1-8-22-9-7-19-13-22)18(26)21-12-16-23(10-11-31-16)32(29,30)15-4-2-14(3-5-15)24(27)28/h2-5,7,9,13,16H,1,6,8,10-12H2,(H,20,25)(H,21,26)/t16-/m0/s1. The minimum absolute atomic E-state index is 0.0420. The van der Waals surface area contributed by atoms with Gasteiger partial charge in [0, 0.05) is 44.2 Å². The second kappa shape index (κ2) is 10.3. The van der Waals surface area contributed by atoms with E-state index >= 15 is 0 Å². The summed E-state index contributed by atoms with van der Waals surface area (Å²) < 4.78 is 34.0. The number of nitro benzene ring substituents is 1. The van der Waals surface area contributed by atoms with Crippen LogP contribution in [0.2, 0.25) is 0 Å². The number of non-ortho nitro benzene ring substituents is 1. The lowest BCUT2D eigenvalue weighted by Crippen LogP contribution is -2.47. The summed E-state index contributed by atoms with van der Waals surface area (Å²) >= 11 is 0. The van der Waals surface area contributed by atoms with E-state index < -0.39 is 33.0 Å². The maximum absolute atomic E-state index is 12.9. The highest BCUT2D eigenvalue weighted by Gasteiger charge is 2.36. The number of ether oxygens (including phenoxy) is 1. The summed E-state index contributed by atoms with van der Waals surface area (Å²) in [5.41, 5.74) is -0.235. The molecule has 3 rings (SSSR count). The van der Waals surface area contributed by atoms with Gasteiger partial charge >= 0.3 is 11.8 Å². The molecule has 0 spiro atoms. The molecule has 13 nitrogen and oxygen atoms in total. The third-order valence-corrected chi connectivity index (χ3v) is 6.58. The summed E-state index contributed by atoms with van der Waals surface area (Å²) in [5, 5.41) is 15.6. The number of carbonyl (C=O) groups is 2. The molecule has 0 saturated carbocycles. The second-order valence-corrected chi connectivity index (χ2v) is 8.70. The molecule has 2 aromatic rings. The van der Waals surface area contributed by atoms with Crippen molar-refractivity contribution in [2.75, 3.05) is 26.2 Å². The Bertz CT molecular complexity index is 1060. The van der Waals surface area contributed by atoms with Crippen molar-refractivity contribution in [2.24, 2.45) is 0 Å².